The Morgan fingerprint density at radius 1 is 1.41 bits per heavy atom. The van der Waals surface area contributed by atoms with Crippen LogP contribution in [0.15, 0.2) is 43.0 Å². The predicted molar refractivity (Wildman–Crippen MR) is 79.7 cm³/mol. The van der Waals surface area contributed by atoms with Crippen LogP contribution in [0.1, 0.15) is 11.6 Å². The fourth-order valence-electron chi connectivity index (χ4n) is 2.81. The van der Waals surface area contributed by atoms with Gasteiger partial charge in [-0.05, 0) is 5.56 Å². The second kappa shape index (κ2) is 6.67. The first kappa shape index (κ1) is 14.7. The highest BCUT2D eigenvalue weighted by molar-refractivity contribution is 5.81. The molecule has 2 N–H and O–H groups in total. The number of nitrogens with zero attached hydrogens (tertiary/aromatic N) is 4. The average molecular weight is 301 g/mol. The summed E-state index contributed by atoms with van der Waals surface area (Å²) in [7, 11) is 0. The molecule has 0 bridgehead atoms. The molecule has 0 saturated carbocycles. The van der Waals surface area contributed by atoms with Gasteiger partial charge in [-0.15, -0.1) is 0 Å². The molecule has 2 atom stereocenters. The molecule has 1 fully saturated rings. The molecule has 2 unspecified atom stereocenters. The number of hydrogen-bond donors (Lipinski definition) is 1. The topological polar surface area (TPSA) is 86.3 Å². The molecule has 0 spiro atoms. The Bertz CT molecular complexity index is 602. The van der Waals surface area contributed by atoms with Crippen molar-refractivity contribution in [2.75, 3.05) is 19.7 Å². The number of ether oxygens (including phenoxy) is 1. The summed E-state index contributed by atoms with van der Waals surface area (Å²) < 4.78 is 7.50. The molecule has 0 radical (unpaired) electrons. The standard InChI is InChI=1S/C15H19N5O2/c16-15(21)14(12-4-2-1-3-5-12)19-6-7-22-13(8-19)9-20-11-17-10-18-20/h1-5,10-11,13-14H,6-9H2,(H2,16,21). The van der Waals surface area contributed by atoms with Crippen LogP contribution >= 0.6 is 0 Å². The summed E-state index contributed by atoms with van der Waals surface area (Å²) in [4.78, 5) is 17.9. The first-order chi connectivity index (χ1) is 10.7. The first-order valence-corrected chi connectivity index (χ1v) is 7.26. The van der Waals surface area contributed by atoms with E-state index in [1.165, 1.54) is 6.33 Å². The van der Waals surface area contributed by atoms with Gasteiger partial charge in [0.2, 0.25) is 5.91 Å². The van der Waals surface area contributed by atoms with Gasteiger partial charge >= 0.3 is 0 Å². The highest BCUT2D eigenvalue weighted by Crippen LogP contribution is 2.23. The number of hydrogen-bond acceptors (Lipinski definition) is 5. The highest BCUT2D eigenvalue weighted by Gasteiger charge is 2.31. The molecular formula is C15H19N5O2. The lowest BCUT2D eigenvalue weighted by Crippen LogP contribution is -2.49. The van der Waals surface area contributed by atoms with E-state index in [1.807, 2.05) is 30.3 Å². The van der Waals surface area contributed by atoms with Crippen molar-refractivity contribution in [1.29, 1.82) is 0 Å². The molecule has 1 aliphatic rings. The fourth-order valence-corrected chi connectivity index (χ4v) is 2.81. The van der Waals surface area contributed by atoms with Crippen molar-refractivity contribution in [2.45, 2.75) is 18.7 Å². The van der Waals surface area contributed by atoms with Crippen molar-refractivity contribution < 1.29 is 9.53 Å². The second-order valence-electron chi connectivity index (χ2n) is 5.32. The molecule has 2 aromatic rings. The van der Waals surface area contributed by atoms with E-state index in [0.717, 1.165) is 5.56 Å². The number of benzene rings is 1. The van der Waals surface area contributed by atoms with E-state index in [-0.39, 0.29) is 12.0 Å². The third kappa shape index (κ3) is 3.32. The SMILES string of the molecule is NC(=O)C(c1ccccc1)N1CCOC(Cn2cncn2)C1. The molecule has 22 heavy (non-hydrogen) atoms. The number of carbonyl (C=O) groups is 1. The summed E-state index contributed by atoms with van der Waals surface area (Å²) in [5, 5.41) is 4.09. The number of morpholine rings is 1. The van der Waals surface area contributed by atoms with Gasteiger partial charge in [-0.25, -0.2) is 4.98 Å². The van der Waals surface area contributed by atoms with E-state index in [9.17, 15) is 4.79 Å². The Labute approximate surface area is 128 Å². The number of carbonyl (C=O) groups excluding carboxylic acids is 1. The predicted octanol–water partition coefficient (Wildman–Crippen LogP) is 0.205. The molecule has 2 heterocycles. The molecule has 1 saturated heterocycles. The van der Waals surface area contributed by atoms with Gasteiger partial charge in [0.25, 0.3) is 0 Å². The van der Waals surface area contributed by atoms with E-state index in [0.29, 0.717) is 26.2 Å². The summed E-state index contributed by atoms with van der Waals surface area (Å²) in [5.74, 6) is -0.340. The Morgan fingerprint density at radius 3 is 2.91 bits per heavy atom. The van der Waals surface area contributed by atoms with Crippen LogP contribution in [-0.2, 0) is 16.1 Å². The maximum absolute atomic E-state index is 11.9. The Balaban J connectivity index is 1.73. The highest BCUT2D eigenvalue weighted by atomic mass is 16.5. The van der Waals surface area contributed by atoms with E-state index in [4.69, 9.17) is 10.5 Å². The van der Waals surface area contributed by atoms with Crippen LogP contribution in [0, 0.1) is 0 Å². The summed E-state index contributed by atoms with van der Waals surface area (Å²) in [6.45, 7) is 2.48. The van der Waals surface area contributed by atoms with E-state index in [2.05, 4.69) is 15.0 Å². The van der Waals surface area contributed by atoms with Crippen molar-refractivity contribution in [2.24, 2.45) is 5.73 Å². The monoisotopic (exact) mass is 301 g/mol. The lowest BCUT2D eigenvalue weighted by Gasteiger charge is -2.37. The first-order valence-electron chi connectivity index (χ1n) is 7.26. The minimum atomic E-state index is -0.427. The number of nitrogens with two attached hydrogens (primary N) is 1. The van der Waals surface area contributed by atoms with Gasteiger partial charge in [-0.3, -0.25) is 14.4 Å². The third-order valence-corrected chi connectivity index (χ3v) is 3.78. The summed E-state index contributed by atoms with van der Waals surface area (Å²) in [6.07, 6.45) is 3.11. The van der Waals surface area contributed by atoms with Crippen molar-refractivity contribution in [3.63, 3.8) is 0 Å². The smallest absolute Gasteiger partial charge is 0.239 e. The lowest BCUT2D eigenvalue weighted by molar-refractivity contribution is -0.127. The number of aromatic nitrogens is 3. The van der Waals surface area contributed by atoms with Gasteiger partial charge in [0.15, 0.2) is 0 Å². The van der Waals surface area contributed by atoms with Gasteiger partial charge in [0.1, 0.15) is 18.7 Å². The Morgan fingerprint density at radius 2 is 2.23 bits per heavy atom. The maximum atomic E-state index is 11.9. The van der Waals surface area contributed by atoms with Crippen LogP contribution in [0.5, 0.6) is 0 Å². The van der Waals surface area contributed by atoms with Crippen LogP contribution in [0.4, 0.5) is 0 Å². The van der Waals surface area contributed by atoms with Crippen LogP contribution in [0.25, 0.3) is 0 Å². The minimum Gasteiger partial charge on any atom is -0.374 e. The second-order valence-corrected chi connectivity index (χ2v) is 5.32. The molecule has 116 valence electrons. The van der Waals surface area contributed by atoms with Crippen molar-refractivity contribution in [3.05, 3.63) is 48.5 Å². The van der Waals surface area contributed by atoms with Crippen LogP contribution in [0.2, 0.25) is 0 Å². The van der Waals surface area contributed by atoms with E-state index < -0.39 is 6.04 Å². The zero-order chi connectivity index (χ0) is 15.4. The third-order valence-electron chi connectivity index (χ3n) is 3.78. The summed E-state index contributed by atoms with van der Waals surface area (Å²) in [5.41, 5.74) is 6.55. The molecule has 7 heteroatoms. The minimum absolute atomic E-state index is 0.0407. The molecule has 1 aliphatic heterocycles. The molecule has 0 aliphatic carbocycles. The molecule has 1 aromatic heterocycles. The molecule has 1 aromatic carbocycles. The van der Waals surface area contributed by atoms with Crippen LogP contribution < -0.4 is 5.73 Å². The van der Waals surface area contributed by atoms with E-state index in [1.54, 1.807) is 11.0 Å². The molecular weight excluding hydrogens is 282 g/mol. The lowest BCUT2D eigenvalue weighted by atomic mass is 10.0. The van der Waals surface area contributed by atoms with Crippen molar-refractivity contribution in [3.8, 4) is 0 Å². The van der Waals surface area contributed by atoms with Gasteiger partial charge in [-0.1, -0.05) is 30.3 Å². The van der Waals surface area contributed by atoms with Gasteiger partial charge in [-0.2, -0.15) is 5.10 Å². The fraction of sp³-hybridized carbons (Fsp3) is 0.400. The largest absolute Gasteiger partial charge is 0.374 e. The van der Waals surface area contributed by atoms with Crippen LogP contribution in [-0.4, -0.2) is 51.4 Å². The van der Waals surface area contributed by atoms with Crippen LogP contribution in [0.3, 0.4) is 0 Å². The Hall–Kier alpha value is -2.25. The quantitative estimate of drug-likeness (QED) is 0.853. The normalized spacial score (nSPS) is 20.6. The Kier molecular flexibility index (Phi) is 4.45. The van der Waals surface area contributed by atoms with Crippen molar-refractivity contribution >= 4 is 5.91 Å². The maximum Gasteiger partial charge on any atom is 0.239 e. The van der Waals surface area contributed by atoms with Gasteiger partial charge in [0, 0.05) is 13.1 Å². The zero-order valence-corrected chi connectivity index (χ0v) is 12.2. The number of amides is 1. The summed E-state index contributed by atoms with van der Waals surface area (Å²) >= 11 is 0. The molecule has 3 rings (SSSR count). The zero-order valence-electron chi connectivity index (χ0n) is 12.2. The van der Waals surface area contributed by atoms with Gasteiger partial charge < -0.3 is 10.5 Å². The number of primary amides is 1. The molecule has 1 amide bonds. The summed E-state index contributed by atoms with van der Waals surface area (Å²) in [6, 6.07) is 9.18. The van der Waals surface area contributed by atoms with Gasteiger partial charge in [0.05, 0.1) is 19.3 Å². The number of rotatable bonds is 5. The van der Waals surface area contributed by atoms with E-state index >= 15 is 0 Å². The van der Waals surface area contributed by atoms with Crippen molar-refractivity contribution in [1.82, 2.24) is 19.7 Å². The molecule has 7 nitrogen and oxygen atoms in total. The average Bonchev–Trinajstić information content (AvgIpc) is 3.01.